The molecule has 0 saturated heterocycles. The molecule has 2 rings (SSSR count). The van der Waals surface area contributed by atoms with E-state index in [0.29, 0.717) is 11.4 Å². The lowest BCUT2D eigenvalue weighted by atomic mass is 10.1. The van der Waals surface area contributed by atoms with Crippen molar-refractivity contribution in [2.45, 2.75) is 19.9 Å². The van der Waals surface area contributed by atoms with Gasteiger partial charge in [-0.25, -0.2) is 4.79 Å². The highest BCUT2D eigenvalue weighted by Crippen LogP contribution is 2.16. The summed E-state index contributed by atoms with van der Waals surface area (Å²) >= 11 is 0. The normalized spacial score (nSPS) is 12.0. The lowest BCUT2D eigenvalue weighted by Gasteiger charge is -2.10. The number of nitrogens with one attached hydrogen (secondary N) is 2. The predicted molar refractivity (Wildman–Crippen MR) is 79.6 cm³/mol. The minimum Gasteiger partial charge on any atom is -0.324 e. The highest BCUT2D eigenvalue weighted by atomic mass is 16.2. The number of hydrogen-bond acceptors (Lipinski definition) is 3. The molecule has 0 spiro atoms. The summed E-state index contributed by atoms with van der Waals surface area (Å²) in [6.45, 7) is 3.74. The molecule has 1 unspecified atom stereocenters. The zero-order chi connectivity index (χ0) is 14.7. The zero-order valence-corrected chi connectivity index (χ0v) is 11.8. The minimum atomic E-state index is -0.303. The van der Waals surface area contributed by atoms with E-state index in [1.165, 1.54) is 0 Å². The Morgan fingerprint density at radius 3 is 2.75 bits per heavy atom. The number of rotatable bonds is 3. The number of benzene rings is 1. The summed E-state index contributed by atoms with van der Waals surface area (Å²) in [5, 5.41) is 9.71. The van der Waals surface area contributed by atoms with Gasteiger partial charge in [0.1, 0.15) is 0 Å². The average Bonchev–Trinajstić information content (AvgIpc) is 2.67. The second-order valence-corrected chi connectivity index (χ2v) is 4.80. The van der Waals surface area contributed by atoms with Crippen molar-refractivity contribution in [3.05, 3.63) is 41.7 Å². The van der Waals surface area contributed by atoms with Crippen LogP contribution in [0, 0.1) is 6.92 Å². The average molecular weight is 273 g/mol. The molecule has 1 atom stereocenters. The first-order chi connectivity index (χ1) is 9.45. The van der Waals surface area contributed by atoms with Crippen LogP contribution in [-0.2, 0) is 7.05 Å². The van der Waals surface area contributed by atoms with Gasteiger partial charge in [-0.15, -0.1) is 0 Å². The van der Waals surface area contributed by atoms with Gasteiger partial charge < -0.3 is 16.4 Å². The largest absolute Gasteiger partial charge is 0.324 e. The van der Waals surface area contributed by atoms with Crippen molar-refractivity contribution >= 4 is 17.4 Å². The molecule has 2 amide bonds. The molecule has 0 bridgehead atoms. The summed E-state index contributed by atoms with van der Waals surface area (Å²) < 4.78 is 1.65. The SMILES string of the molecule is Cc1nn(C)cc1NC(=O)Nc1cccc(C(C)N)c1. The van der Waals surface area contributed by atoms with Gasteiger partial charge >= 0.3 is 6.03 Å². The number of urea groups is 1. The van der Waals surface area contributed by atoms with Crippen LogP contribution in [0.1, 0.15) is 24.2 Å². The predicted octanol–water partition coefficient (Wildman–Crippen LogP) is 2.39. The number of amides is 2. The molecule has 20 heavy (non-hydrogen) atoms. The molecule has 1 aromatic heterocycles. The van der Waals surface area contributed by atoms with Gasteiger partial charge in [0.2, 0.25) is 0 Å². The quantitative estimate of drug-likeness (QED) is 0.802. The minimum absolute atomic E-state index is 0.0691. The van der Waals surface area contributed by atoms with E-state index in [1.54, 1.807) is 10.9 Å². The number of aromatic nitrogens is 2. The van der Waals surface area contributed by atoms with E-state index >= 15 is 0 Å². The Labute approximate surface area is 118 Å². The number of anilines is 2. The van der Waals surface area contributed by atoms with Crippen LogP contribution < -0.4 is 16.4 Å². The molecule has 0 saturated carbocycles. The number of aryl methyl sites for hydroxylation is 2. The van der Waals surface area contributed by atoms with Crippen LogP contribution >= 0.6 is 0 Å². The standard InChI is InChI=1S/C14H19N5O/c1-9(15)11-5-4-6-12(7-11)16-14(20)17-13-8-19(3)18-10(13)2/h4-9H,15H2,1-3H3,(H2,16,17,20). The smallest absolute Gasteiger partial charge is 0.323 e. The van der Waals surface area contributed by atoms with Crippen molar-refractivity contribution in [3.63, 3.8) is 0 Å². The van der Waals surface area contributed by atoms with Gasteiger partial charge in [-0.2, -0.15) is 5.10 Å². The van der Waals surface area contributed by atoms with Gasteiger partial charge in [-0.05, 0) is 31.5 Å². The van der Waals surface area contributed by atoms with Gasteiger partial charge in [0.15, 0.2) is 0 Å². The van der Waals surface area contributed by atoms with Crippen molar-refractivity contribution in [1.82, 2.24) is 9.78 Å². The molecule has 1 aromatic carbocycles. The summed E-state index contributed by atoms with van der Waals surface area (Å²) in [6, 6.07) is 7.10. The fourth-order valence-electron chi connectivity index (χ4n) is 1.91. The van der Waals surface area contributed by atoms with Crippen LogP contribution in [-0.4, -0.2) is 15.8 Å². The maximum absolute atomic E-state index is 11.9. The lowest BCUT2D eigenvalue weighted by Crippen LogP contribution is -2.19. The van der Waals surface area contributed by atoms with E-state index in [4.69, 9.17) is 5.73 Å². The van der Waals surface area contributed by atoms with Crippen LogP contribution in [0.4, 0.5) is 16.2 Å². The van der Waals surface area contributed by atoms with Gasteiger partial charge in [0.05, 0.1) is 11.4 Å². The van der Waals surface area contributed by atoms with Crippen molar-refractivity contribution in [2.75, 3.05) is 10.6 Å². The van der Waals surface area contributed by atoms with Crippen LogP contribution in [0.25, 0.3) is 0 Å². The van der Waals surface area contributed by atoms with Crippen LogP contribution in [0.2, 0.25) is 0 Å². The van der Waals surface area contributed by atoms with Gasteiger partial charge in [0.25, 0.3) is 0 Å². The first kappa shape index (κ1) is 14.1. The summed E-state index contributed by atoms with van der Waals surface area (Å²) in [4.78, 5) is 11.9. The lowest BCUT2D eigenvalue weighted by molar-refractivity contribution is 0.262. The molecule has 0 radical (unpaired) electrons. The fraction of sp³-hybridized carbons (Fsp3) is 0.286. The maximum Gasteiger partial charge on any atom is 0.323 e. The highest BCUT2D eigenvalue weighted by molar-refractivity contribution is 6.00. The van der Waals surface area contributed by atoms with Crippen molar-refractivity contribution in [2.24, 2.45) is 12.8 Å². The Morgan fingerprint density at radius 2 is 2.15 bits per heavy atom. The number of nitrogens with zero attached hydrogens (tertiary/aromatic N) is 2. The van der Waals surface area contributed by atoms with E-state index < -0.39 is 0 Å². The number of carbonyl (C=O) groups is 1. The Balaban J connectivity index is 2.04. The van der Waals surface area contributed by atoms with Gasteiger partial charge in [-0.1, -0.05) is 12.1 Å². The third-order valence-electron chi connectivity index (χ3n) is 2.93. The summed E-state index contributed by atoms with van der Waals surface area (Å²) in [7, 11) is 1.81. The molecule has 0 aliphatic carbocycles. The van der Waals surface area contributed by atoms with E-state index in [0.717, 1.165) is 11.3 Å². The summed E-state index contributed by atoms with van der Waals surface area (Å²) in [6.07, 6.45) is 1.76. The molecular formula is C14H19N5O. The van der Waals surface area contributed by atoms with Crippen molar-refractivity contribution in [3.8, 4) is 0 Å². The third kappa shape index (κ3) is 3.36. The third-order valence-corrected chi connectivity index (χ3v) is 2.93. The number of nitrogens with two attached hydrogens (primary N) is 1. The highest BCUT2D eigenvalue weighted by Gasteiger charge is 2.08. The van der Waals surface area contributed by atoms with E-state index in [-0.39, 0.29) is 12.1 Å². The Morgan fingerprint density at radius 1 is 1.40 bits per heavy atom. The summed E-state index contributed by atoms with van der Waals surface area (Å²) in [5.41, 5.74) is 8.96. The molecule has 1 heterocycles. The maximum atomic E-state index is 11.9. The Kier molecular flexibility index (Phi) is 4.05. The van der Waals surface area contributed by atoms with Crippen LogP contribution in [0.3, 0.4) is 0 Å². The Bertz CT molecular complexity index is 618. The molecule has 0 aliphatic rings. The molecule has 0 fully saturated rings. The summed E-state index contributed by atoms with van der Waals surface area (Å²) in [5.74, 6) is 0. The van der Waals surface area contributed by atoms with E-state index in [9.17, 15) is 4.79 Å². The number of carbonyl (C=O) groups excluding carboxylic acids is 1. The zero-order valence-electron chi connectivity index (χ0n) is 11.8. The molecule has 6 heteroatoms. The molecule has 2 aromatic rings. The molecular weight excluding hydrogens is 254 g/mol. The van der Waals surface area contributed by atoms with Gasteiger partial charge in [0, 0.05) is 25.0 Å². The van der Waals surface area contributed by atoms with Crippen molar-refractivity contribution in [1.29, 1.82) is 0 Å². The molecule has 4 N–H and O–H groups in total. The van der Waals surface area contributed by atoms with Crippen molar-refractivity contribution < 1.29 is 4.79 Å². The first-order valence-corrected chi connectivity index (χ1v) is 6.39. The van der Waals surface area contributed by atoms with Crippen LogP contribution in [0.5, 0.6) is 0 Å². The molecule has 106 valence electrons. The van der Waals surface area contributed by atoms with Crippen LogP contribution in [0.15, 0.2) is 30.5 Å². The van der Waals surface area contributed by atoms with Gasteiger partial charge in [-0.3, -0.25) is 4.68 Å². The fourth-order valence-corrected chi connectivity index (χ4v) is 1.91. The van der Waals surface area contributed by atoms with E-state index in [2.05, 4.69) is 15.7 Å². The second-order valence-electron chi connectivity index (χ2n) is 4.80. The monoisotopic (exact) mass is 273 g/mol. The Hall–Kier alpha value is -2.34. The topological polar surface area (TPSA) is 85.0 Å². The molecule has 0 aliphatic heterocycles. The second kappa shape index (κ2) is 5.75. The number of hydrogen-bond donors (Lipinski definition) is 3. The first-order valence-electron chi connectivity index (χ1n) is 6.39. The molecule has 6 nitrogen and oxygen atoms in total. The van der Waals surface area contributed by atoms with E-state index in [1.807, 2.05) is 45.2 Å².